The van der Waals surface area contributed by atoms with E-state index < -0.39 is 17.8 Å². The molecule has 3 aromatic carbocycles. The van der Waals surface area contributed by atoms with Crippen molar-refractivity contribution in [3.63, 3.8) is 0 Å². The number of carbonyl (C=O) groups is 3. The molecule has 0 radical (unpaired) electrons. The third kappa shape index (κ3) is 12.7. The smallest absolute Gasteiger partial charge is 0.316 e. The Kier molecular flexibility index (Phi) is 16.7. The van der Waals surface area contributed by atoms with Gasteiger partial charge in [0, 0.05) is 43.8 Å². The zero-order valence-corrected chi connectivity index (χ0v) is 34.6. The first kappa shape index (κ1) is 45.7. The summed E-state index contributed by atoms with van der Waals surface area (Å²) in [7, 11) is 0. The molecule has 0 saturated carbocycles. The molecule has 0 saturated heterocycles. The van der Waals surface area contributed by atoms with Gasteiger partial charge in [0.1, 0.15) is 24.7 Å². The maximum absolute atomic E-state index is 14.5. The van der Waals surface area contributed by atoms with Crippen LogP contribution in [0.5, 0.6) is 11.5 Å². The number of guanidine groups is 1. The van der Waals surface area contributed by atoms with Crippen molar-refractivity contribution in [2.75, 3.05) is 66.8 Å². The minimum Gasteiger partial charge on any atom is -0.491 e. The molecule has 0 aromatic heterocycles. The predicted octanol–water partition coefficient (Wildman–Crippen LogP) is 3.96. The molecule has 0 aliphatic rings. The van der Waals surface area contributed by atoms with E-state index in [-0.39, 0.29) is 65.7 Å². The number of hydrogen-bond acceptors (Lipinski definition) is 12. The molecule has 0 heterocycles. The molecule has 0 atom stereocenters. The Morgan fingerprint density at radius 2 is 1.04 bits per heavy atom. The van der Waals surface area contributed by atoms with Crippen molar-refractivity contribution in [2.24, 2.45) is 45.1 Å². The van der Waals surface area contributed by atoms with E-state index in [1.807, 2.05) is 65.8 Å². The highest BCUT2D eigenvalue weighted by Crippen LogP contribution is 2.42. The van der Waals surface area contributed by atoms with Gasteiger partial charge in [-0.15, -0.1) is 23.5 Å². The van der Waals surface area contributed by atoms with Crippen molar-refractivity contribution in [3.8, 4) is 11.5 Å². The summed E-state index contributed by atoms with van der Waals surface area (Å²) in [5.41, 5.74) is 43.1. The fourth-order valence-electron chi connectivity index (χ4n) is 5.24. The summed E-state index contributed by atoms with van der Waals surface area (Å²) in [5.74, 6) is -0.170. The molecule has 18 heteroatoms. The Bertz CT molecular complexity index is 1910. The van der Waals surface area contributed by atoms with Crippen LogP contribution in [0.3, 0.4) is 0 Å². The molecular formula is C38H57N11O5S2. The minimum absolute atomic E-state index is 0.00594. The number of thioether (sulfide) groups is 2. The van der Waals surface area contributed by atoms with Gasteiger partial charge in [-0.05, 0) is 52.3 Å². The Balaban J connectivity index is 2.29. The van der Waals surface area contributed by atoms with Crippen molar-refractivity contribution in [2.45, 2.75) is 62.2 Å². The zero-order chi connectivity index (χ0) is 41.8. The van der Waals surface area contributed by atoms with Crippen molar-refractivity contribution >= 4 is 70.1 Å². The van der Waals surface area contributed by atoms with Gasteiger partial charge < -0.3 is 65.6 Å². The second-order valence-electron chi connectivity index (χ2n) is 14.6. The number of nitrogens with two attached hydrogens (primary N) is 7. The Morgan fingerprint density at radius 3 is 1.45 bits per heavy atom. The number of benzene rings is 3. The van der Waals surface area contributed by atoms with Gasteiger partial charge in [-0.3, -0.25) is 9.59 Å². The van der Waals surface area contributed by atoms with Crippen LogP contribution in [0.15, 0.2) is 51.2 Å². The van der Waals surface area contributed by atoms with E-state index in [9.17, 15) is 14.4 Å². The number of hydrogen-bond donors (Lipinski definition) is 10. The van der Waals surface area contributed by atoms with E-state index in [0.717, 1.165) is 11.1 Å². The van der Waals surface area contributed by atoms with Gasteiger partial charge in [0.2, 0.25) is 0 Å². The molecule has 0 spiro atoms. The third-order valence-corrected chi connectivity index (χ3v) is 10.3. The highest BCUT2D eigenvalue weighted by molar-refractivity contribution is 7.99. The topological polar surface area (TPSA) is 300 Å². The minimum atomic E-state index is -0.771. The first-order valence-corrected chi connectivity index (χ1v) is 20.0. The van der Waals surface area contributed by atoms with Crippen molar-refractivity contribution in [1.29, 1.82) is 0 Å². The molecule has 56 heavy (non-hydrogen) atoms. The Labute approximate surface area is 337 Å². The highest BCUT2D eigenvalue weighted by Gasteiger charge is 2.27. The van der Waals surface area contributed by atoms with Crippen molar-refractivity contribution in [1.82, 2.24) is 0 Å². The molecule has 4 amide bonds. The summed E-state index contributed by atoms with van der Waals surface area (Å²) in [6, 6.07) is 9.45. The Hall–Kier alpha value is -4.72. The summed E-state index contributed by atoms with van der Waals surface area (Å²) in [6.45, 7) is 13.1. The van der Waals surface area contributed by atoms with E-state index in [2.05, 4.69) is 20.9 Å². The van der Waals surface area contributed by atoms with Crippen LogP contribution in [0, 0.1) is 0 Å². The standard InChI is InChI=1S/C38H57N11O5S2/c1-37(2,3)21-15-25(31(55-13-9-41)27(17-21)48-35(43)44)46-33(50)23-19-24(30(54-12-8-40)20-29(23)53-11-7-39)34(51)47-26-16-22(38(4,5)6)18-28(49-36(45)52)32(26)56-14-10-42/h15-20H,7-14,39-42H2,1-6H3,(H,46,50)(H,47,51)(H4,43,44,48)(H3,45,49,52). The van der Waals surface area contributed by atoms with Gasteiger partial charge in [0.15, 0.2) is 5.96 Å². The number of anilines is 3. The fraction of sp³-hybridized carbons (Fsp3) is 0.421. The number of ether oxygens (including phenoxy) is 2. The number of rotatable bonds is 18. The molecular weight excluding hydrogens is 755 g/mol. The lowest BCUT2D eigenvalue weighted by Crippen LogP contribution is -2.23. The van der Waals surface area contributed by atoms with Crippen LogP contribution in [0.4, 0.5) is 27.5 Å². The lowest BCUT2D eigenvalue weighted by Gasteiger charge is -2.24. The summed E-state index contributed by atoms with van der Waals surface area (Å²) >= 11 is 2.72. The normalized spacial score (nSPS) is 11.5. The number of nitrogens with one attached hydrogen (secondary N) is 3. The number of nitrogens with zero attached hydrogens (tertiary/aromatic N) is 1. The SMILES string of the molecule is CC(C)(C)c1cc(N=C(N)N)c(SCCN)c(NC(=O)c2cc(C(=O)Nc3cc(C(C)(C)C)cc(NC(N)=O)c3SCCN)c(OCCN)cc2OCCN)c1. The summed E-state index contributed by atoms with van der Waals surface area (Å²) in [6.07, 6.45) is 0. The van der Waals surface area contributed by atoms with Gasteiger partial charge >= 0.3 is 6.03 Å². The maximum Gasteiger partial charge on any atom is 0.316 e. The zero-order valence-electron chi connectivity index (χ0n) is 33.0. The number of primary amides is 1. The quantitative estimate of drug-likeness (QED) is 0.0495. The lowest BCUT2D eigenvalue weighted by atomic mass is 9.86. The van der Waals surface area contributed by atoms with Crippen LogP contribution in [0.25, 0.3) is 0 Å². The van der Waals surface area contributed by atoms with E-state index in [1.165, 1.54) is 35.7 Å². The van der Waals surface area contributed by atoms with Crippen molar-refractivity contribution < 1.29 is 23.9 Å². The summed E-state index contributed by atoms with van der Waals surface area (Å²) in [4.78, 5) is 46.5. The van der Waals surface area contributed by atoms with Crippen molar-refractivity contribution in [3.05, 3.63) is 58.7 Å². The van der Waals surface area contributed by atoms with Crippen LogP contribution in [-0.4, -0.2) is 74.7 Å². The van der Waals surface area contributed by atoms with Crippen LogP contribution in [0.1, 0.15) is 73.4 Å². The molecule has 0 unspecified atom stereocenters. The molecule has 3 rings (SSSR count). The maximum atomic E-state index is 14.5. The van der Waals surface area contributed by atoms with E-state index in [4.69, 9.17) is 49.6 Å². The average molecular weight is 812 g/mol. The van der Waals surface area contributed by atoms with E-state index >= 15 is 0 Å². The molecule has 0 fully saturated rings. The lowest BCUT2D eigenvalue weighted by molar-refractivity contribution is 0.102. The molecule has 16 nitrogen and oxygen atoms in total. The molecule has 0 aliphatic carbocycles. The van der Waals surface area contributed by atoms with Gasteiger partial charge in [0.05, 0.1) is 43.7 Å². The van der Waals surface area contributed by atoms with Crippen LogP contribution in [0.2, 0.25) is 0 Å². The predicted molar refractivity (Wildman–Crippen MR) is 230 cm³/mol. The second-order valence-corrected chi connectivity index (χ2v) is 16.8. The number of aliphatic imine (C=N–C) groups is 1. The Morgan fingerprint density at radius 1 is 0.607 bits per heavy atom. The summed E-state index contributed by atoms with van der Waals surface area (Å²) in [5, 5.41) is 8.69. The van der Waals surface area contributed by atoms with E-state index in [0.29, 0.717) is 57.1 Å². The van der Waals surface area contributed by atoms with Crippen LogP contribution >= 0.6 is 23.5 Å². The van der Waals surface area contributed by atoms with Crippen LogP contribution in [-0.2, 0) is 10.8 Å². The first-order valence-electron chi connectivity index (χ1n) is 18.0. The van der Waals surface area contributed by atoms with E-state index in [1.54, 1.807) is 0 Å². The fourth-order valence-corrected chi connectivity index (χ4v) is 6.94. The molecule has 306 valence electrons. The molecule has 0 bridgehead atoms. The number of carbonyl (C=O) groups excluding carboxylic acids is 3. The van der Waals surface area contributed by atoms with Crippen LogP contribution < -0.4 is 65.6 Å². The monoisotopic (exact) mass is 811 g/mol. The first-order chi connectivity index (χ1) is 26.3. The van der Waals surface area contributed by atoms with Gasteiger partial charge in [-0.1, -0.05) is 41.5 Å². The number of urea groups is 1. The van der Waals surface area contributed by atoms with Gasteiger partial charge in [-0.2, -0.15) is 0 Å². The second kappa shape index (κ2) is 20.4. The highest BCUT2D eigenvalue weighted by atomic mass is 32.2. The van der Waals surface area contributed by atoms with Gasteiger partial charge in [-0.25, -0.2) is 9.79 Å². The molecule has 17 N–H and O–H groups in total. The summed E-state index contributed by atoms with van der Waals surface area (Å²) < 4.78 is 11.9. The third-order valence-electron chi connectivity index (χ3n) is 7.94. The number of amides is 4. The van der Waals surface area contributed by atoms with Gasteiger partial charge in [0.25, 0.3) is 11.8 Å². The largest absolute Gasteiger partial charge is 0.491 e. The molecule has 3 aromatic rings. The molecule has 0 aliphatic heterocycles. The average Bonchev–Trinajstić information content (AvgIpc) is 3.10.